The summed E-state index contributed by atoms with van der Waals surface area (Å²) >= 11 is 0. The topological polar surface area (TPSA) is 98.7 Å². The molecule has 208 valence electrons. The molecule has 2 aromatic rings. The van der Waals surface area contributed by atoms with Crippen LogP contribution in [0.5, 0.6) is 11.5 Å². The minimum Gasteiger partial charge on any atom is -0.497 e. The maximum Gasteiger partial charge on any atom is 0.321 e. The molecule has 2 saturated heterocycles. The normalized spacial score (nSPS) is 15.5. The number of amides is 2. The molecule has 0 aromatic heterocycles. The largest absolute Gasteiger partial charge is 0.497 e. The van der Waals surface area contributed by atoms with Crippen LogP contribution in [0.2, 0.25) is 0 Å². The first-order valence-corrected chi connectivity index (χ1v) is 13.1. The molecule has 2 fully saturated rings. The smallest absolute Gasteiger partial charge is 0.321 e. The average Bonchev–Trinajstić information content (AvgIpc) is 2.98. The number of benzene rings is 2. The number of carbonyl (C=O) groups excluding carboxylic acids is 2. The first-order valence-electron chi connectivity index (χ1n) is 13.1. The number of rotatable bonds is 6. The van der Waals surface area contributed by atoms with E-state index in [1.165, 1.54) is 38.8 Å². The number of aliphatic imine (C=N–C) groups is 1. The number of nitrogens with one attached hydrogen (secondary N) is 2. The van der Waals surface area contributed by atoms with E-state index in [0.29, 0.717) is 11.4 Å². The lowest BCUT2D eigenvalue weighted by atomic mass is 10.3. The van der Waals surface area contributed by atoms with Crippen molar-refractivity contribution in [1.29, 1.82) is 0 Å². The van der Waals surface area contributed by atoms with Gasteiger partial charge in [-0.15, -0.1) is 0 Å². The molecule has 2 aliphatic heterocycles. The van der Waals surface area contributed by atoms with Crippen molar-refractivity contribution in [3.63, 3.8) is 0 Å². The van der Waals surface area contributed by atoms with Gasteiger partial charge >= 0.3 is 6.03 Å². The van der Waals surface area contributed by atoms with Crippen LogP contribution in [-0.2, 0) is 4.79 Å². The van der Waals surface area contributed by atoms with Crippen LogP contribution >= 0.6 is 0 Å². The minimum atomic E-state index is -0.0380. The van der Waals surface area contributed by atoms with Crippen LogP contribution in [0.3, 0.4) is 0 Å². The van der Waals surface area contributed by atoms with Gasteiger partial charge in [0.2, 0.25) is 6.08 Å². The summed E-state index contributed by atoms with van der Waals surface area (Å²) in [4.78, 5) is 32.0. The molecule has 0 spiro atoms. The van der Waals surface area contributed by atoms with E-state index in [1.807, 2.05) is 29.2 Å². The van der Waals surface area contributed by atoms with Gasteiger partial charge in [-0.25, -0.2) is 9.59 Å². The Hall–Kier alpha value is -3.43. The van der Waals surface area contributed by atoms with Crippen LogP contribution in [0.1, 0.15) is 13.8 Å². The van der Waals surface area contributed by atoms with Gasteiger partial charge in [-0.3, -0.25) is 0 Å². The number of isocyanates is 1. The third kappa shape index (κ3) is 11.3. The number of nitrogens with zero attached hydrogens (tertiary/aromatic N) is 4. The molecule has 2 heterocycles. The zero-order valence-electron chi connectivity index (χ0n) is 23.1. The van der Waals surface area contributed by atoms with Gasteiger partial charge in [0.05, 0.1) is 19.9 Å². The predicted molar refractivity (Wildman–Crippen MR) is 151 cm³/mol. The maximum absolute atomic E-state index is 12.1. The molecule has 0 unspecified atom stereocenters. The highest BCUT2D eigenvalue weighted by Gasteiger charge is 2.20. The quantitative estimate of drug-likeness (QED) is 0.440. The monoisotopic (exact) mass is 526 g/mol. The van der Waals surface area contributed by atoms with Crippen LogP contribution in [-0.4, -0.2) is 106 Å². The summed E-state index contributed by atoms with van der Waals surface area (Å²) < 4.78 is 10.1. The Labute approximate surface area is 226 Å². The Morgan fingerprint density at radius 1 is 0.895 bits per heavy atom. The summed E-state index contributed by atoms with van der Waals surface area (Å²) in [6.07, 6.45) is 1.45. The van der Waals surface area contributed by atoms with Crippen molar-refractivity contribution in [3.05, 3.63) is 48.5 Å². The third-order valence-electron chi connectivity index (χ3n) is 6.31. The first-order chi connectivity index (χ1) is 18.5. The number of urea groups is 1. The van der Waals surface area contributed by atoms with Crippen LogP contribution in [0.4, 0.5) is 16.2 Å². The Morgan fingerprint density at radius 3 is 2.03 bits per heavy atom. The molecule has 0 aliphatic carbocycles. The van der Waals surface area contributed by atoms with Gasteiger partial charge < -0.3 is 34.8 Å². The Kier molecular flexibility index (Phi) is 14.5. The number of carbonyl (C=O) groups is 1. The average molecular weight is 527 g/mol. The summed E-state index contributed by atoms with van der Waals surface area (Å²) in [6.45, 7) is 14.9. The van der Waals surface area contributed by atoms with Gasteiger partial charge in [-0.05, 0) is 37.4 Å². The van der Waals surface area contributed by atoms with Gasteiger partial charge in [0.25, 0.3) is 0 Å². The summed E-state index contributed by atoms with van der Waals surface area (Å²) in [5.41, 5.74) is 1.32. The second-order valence-electron chi connectivity index (χ2n) is 8.67. The fourth-order valence-corrected chi connectivity index (χ4v) is 3.93. The summed E-state index contributed by atoms with van der Waals surface area (Å²) in [5.74, 6) is 1.43. The van der Waals surface area contributed by atoms with Gasteiger partial charge in [0.1, 0.15) is 11.5 Å². The summed E-state index contributed by atoms with van der Waals surface area (Å²) in [5, 5.41) is 6.22. The Balaban J connectivity index is 0.000000224. The first kappa shape index (κ1) is 30.8. The number of hydrogen-bond acceptors (Lipinski definition) is 8. The lowest BCUT2D eigenvalue weighted by Gasteiger charge is -2.33. The molecule has 4 rings (SSSR count). The Bertz CT molecular complexity index is 1000. The van der Waals surface area contributed by atoms with Crippen molar-refractivity contribution in [1.82, 2.24) is 20.0 Å². The lowest BCUT2D eigenvalue weighted by Crippen LogP contribution is -2.49. The van der Waals surface area contributed by atoms with Crippen LogP contribution < -0.4 is 20.1 Å². The zero-order chi connectivity index (χ0) is 27.6. The molecule has 10 nitrogen and oxygen atoms in total. The van der Waals surface area contributed by atoms with Crippen LogP contribution in [0.25, 0.3) is 0 Å². The van der Waals surface area contributed by atoms with Gasteiger partial charge in [0, 0.05) is 70.2 Å². The molecule has 0 atom stereocenters. The van der Waals surface area contributed by atoms with Crippen molar-refractivity contribution in [2.24, 2.45) is 4.99 Å². The number of ether oxygens (including phenoxy) is 2. The second kappa shape index (κ2) is 17.9. The standard InChI is InChI=1S/C14H21N3O2.C8H7NO2.C6H14N2/c1-3-16-7-9-17(10-8-16)14(18)15-12-5-4-6-13(11-12)19-2;1-11-8-4-2-3-7(5-8)9-6-10;1-2-8-5-3-7-4-6-8/h4-6,11H,3,7-10H2,1-2H3,(H,15,18);2-5H,1H3;7H,2-6H2,1H3. The predicted octanol–water partition coefficient (Wildman–Crippen LogP) is 3.44. The molecule has 2 N–H and O–H groups in total. The van der Waals surface area contributed by atoms with E-state index >= 15 is 0 Å². The number of methoxy groups -OCH3 is 2. The van der Waals surface area contributed by atoms with E-state index in [0.717, 1.165) is 44.2 Å². The zero-order valence-corrected chi connectivity index (χ0v) is 23.1. The maximum atomic E-state index is 12.1. The third-order valence-corrected chi connectivity index (χ3v) is 6.31. The molecular weight excluding hydrogens is 484 g/mol. The molecule has 0 saturated carbocycles. The number of likely N-dealkylation sites (N-methyl/N-ethyl adjacent to an activating group) is 2. The van der Waals surface area contributed by atoms with Gasteiger partial charge in [-0.2, -0.15) is 4.99 Å². The highest BCUT2D eigenvalue weighted by molar-refractivity contribution is 5.89. The summed E-state index contributed by atoms with van der Waals surface area (Å²) in [6, 6.07) is 14.3. The van der Waals surface area contributed by atoms with E-state index < -0.39 is 0 Å². The van der Waals surface area contributed by atoms with E-state index in [4.69, 9.17) is 9.47 Å². The molecule has 2 aliphatic rings. The molecule has 2 amide bonds. The minimum absolute atomic E-state index is 0.0380. The highest BCUT2D eigenvalue weighted by Crippen LogP contribution is 2.18. The SMILES string of the molecule is CCN1CCN(C(=O)Nc2cccc(OC)c2)CC1.CCN1CCNCC1.COc1cccc(N=C=O)c1. The Morgan fingerprint density at radius 2 is 1.47 bits per heavy atom. The van der Waals surface area contributed by atoms with Crippen LogP contribution in [0, 0.1) is 0 Å². The molecule has 10 heteroatoms. The van der Waals surface area contributed by atoms with Crippen molar-refractivity contribution in [2.75, 3.05) is 85.0 Å². The van der Waals surface area contributed by atoms with E-state index in [-0.39, 0.29) is 6.03 Å². The fraction of sp³-hybridized carbons (Fsp3) is 0.500. The molecule has 2 aromatic carbocycles. The molecule has 0 radical (unpaired) electrons. The number of anilines is 1. The highest BCUT2D eigenvalue weighted by atomic mass is 16.5. The fourth-order valence-electron chi connectivity index (χ4n) is 3.93. The second-order valence-corrected chi connectivity index (χ2v) is 8.67. The lowest BCUT2D eigenvalue weighted by molar-refractivity contribution is 0.151. The number of piperazine rings is 2. The van der Waals surface area contributed by atoms with Gasteiger partial charge in [-0.1, -0.05) is 26.0 Å². The van der Waals surface area contributed by atoms with E-state index in [2.05, 4.69) is 39.3 Å². The molecule has 38 heavy (non-hydrogen) atoms. The van der Waals surface area contributed by atoms with Crippen molar-refractivity contribution >= 4 is 23.5 Å². The number of hydrogen-bond donors (Lipinski definition) is 2. The van der Waals surface area contributed by atoms with Crippen LogP contribution in [0.15, 0.2) is 53.5 Å². The van der Waals surface area contributed by atoms with Crippen molar-refractivity contribution in [2.45, 2.75) is 13.8 Å². The molecule has 0 bridgehead atoms. The van der Waals surface area contributed by atoms with Crippen molar-refractivity contribution in [3.8, 4) is 11.5 Å². The van der Waals surface area contributed by atoms with E-state index in [1.54, 1.807) is 38.5 Å². The van der Waals surface area contributed by atoms with Crippen molar-refractivity contribution < 1.29 is 19.1 Å². The summed E-state index contributed by atoms with van der Waals surface area (Å²) in [7, 11) is 3.18. The van der Waals surface area contributed by atoms with Gasteiger partial charge in [0.15, 0.2) is 0 Å². The molecular formula is C28H42N6O4. The van der Waals surface area contributed by atoms with E-state index in [9.17, 15) is 9.59 Å².